The van der Waals surface area contributed by atoms with Gasteiger partial charge < -0.3 is 11.1 Å². The average Bonchev–Trinajstić information content (AvgIpc) is 3.20. The molecule has 1 saturated carbocycles. The van der Waals surface area contributed by atoms with Crippen LogP contribution < -0.4 is 11.1 Å². The van der Waals surface area contributed by atoms with Crippen molar-refractivity contribution in [3.8, 4) is 0 Å². The van der Waals surface area contributed by atoms with Crippen LogP contribution >= 0.6 is 36.4 Å². The molecule has 1 fully saturated rings. The number of hydrogen-bond donors (Lipinski definition) is 2. The number of hydrogen-bond acceptors (Lipinski definition) is 3. The van der Waals surface area contributed by atoms with Crippen LogP contribution in [-0.2, 0) is 4.79 Å². The first-order chi connectivity index (χ1) is 9.49. The molecule has 1 aliphatic carbocycles. The van der Waals surface area contributed by atoms with Gasteiger partial charge in [0.2, 0.25) is 5.91 Å². The second-order valence-corrected chi connectivity index (χ2v) is 6.10. The Bertz CT molecular complexity index is 481. The van der Waals surface area contributed by atoms with E-state index in [1.807, 2.05) is 37.2 Å². The molecule has 1 aliphatic rings. The zero-order valence-corrected chi connectivity index (χ0v) is 15.2. The molecule has 2 atom stereocenters. The first-order valence-electron chi connectivity index (χ1n) is 6.94. The fourth-order valence-corrected chi connectivity index (χ4v) is 2.57. The third-order valence-corrected chi connectivity index (χ3v) is 3.90. The first-order valence-corrected chi connectivity index (χ1v) is 7.32. The molecule has 0 aromatic heterocycles. The zero-order valence-electron chi connectivity index (χ0n) is 12.8. The summed E-state index contributed by atoms with van der Waals surface area (Å²) < 4.78 is 0. The van der Waals surface area contributed by atoms with Crippen LogP contribution in [0.5, 0.6) is 0 Å². The maximum Gasteiger partial charge on any atom is 0.241 e. The average molecular weight is 369 g/mol. The Morgan fingerprint density at radius 2 is 2.05 bits per heavy atom. The van der Waals surface area contributed by atoms with Gasteiger partial charge in [-0.1, -0.05) is 23.7 Å². The van der Waals surface area contributed by atoms with E-state index in [0.717, 1.165) is 5.56 Å². The molecule has 3 N–H and O–H groups in total. The lowest BCUT2D eigenvalue weighted by atomic mass is 10.0. The predicted octanol–water partition coefficient (Wildman–Crippen LogP) is 2.64. The Morgan fingerprint density at radius 1 is 1.41 bits per heavy atom. The van der Waals surface area contributed by atoms with Crippen molar-refractivity contribution in [2.75, 3.05) is 20.6 Å². The van der Waals surface area contributed by atoms with Crippen LogP contribution in [0.4, 0.5) is 0 Å². The highest BCUT2D eigenvalue weighted by molar-refractivity contribution is 6.30. The number of nitrogens with one attached hydrogen (secondary N) is 1. The molecular weight excluding hydrogens is 345 g/mol. The van der Waals surface area contributed by atoms with E-state index >= 15 is 0 Å². The van der Waals surface area contributed by atoms with E-state index in [9.17, 15) is 4.79 Å². The van der Waals surface area contributed by atoms with E-state index in [4.69, 9.17) is 17.3 Å². The van der Waals surface area contributed by atoms with Gasteiger partial charge in [-0.15, -0.1) is 24.8 Å². The number of carbonyl (C=O) groups excluding carboxylic acids is 1. The van der Waals surface area contributed by atoms with Crippen molar-refractivity contribution in [1.29, 1.82) is 0 Å². The Kier molecular flexibility index (Phi) is 9.35. The molecule has 1 aromatic carbocycles. The van der Waals surface area contributed by atoms with Gasteiger partial charge in [-0.2, -0.15) is 0 Å². The van der Waals surface area contributed by atoms with Crippen molar-refractivity contribution >= 4 is 42.3 Å². The lowest BCUT2D eigenvalue weighted by Gasteiger charge is -2.24. The molecule has 22 heavy (non-hydrogen) atoms. The number of benzene rings is 1. The van der Waals surface area contributed by atoms with Crippen LogP contribution in [0.15, 0.2) is 24.3 Å². The highest BCUT2D eigenvalue weighted by Crippen LogP contribution is 2.31. The minimum Gasteiger partial charge on any atom is -0.353 e. The van der Waals surface area contributed by atoms with E-state index < -0.39 is 0 Å². The number of nitrogens with two attached hydrogens (primary N) is 1. The SMILES string of the molecule is CN(C)C(C(=O)NCC(N)C1CC1)c1cccc(Cl)c1.Cl.Cl. The maximum atomic E-state index is 12.4. The van der Waals surface area contributed by atoms with Gasteiger partial charge in [0, 0.05) is 17.6 Å². The fraction of sp³-hybridized carbons (Fsp3) is 0.533. The van der Waals surface area contributed by atoms with E-state index in [1.54, 1.807) is 6.07 Å². The fourth-order valence-electron chi connectivity index (χ4n) is 2.37. The predicted molar refractivity (Wildman–Crippen MR) is 96.1 cm³/mol. The molecule has 0 heterocycles. The standard InChI is InChI=1S/C15H22ClN3O.2ClH/c1-19(2)14(11-4-3-5-12(16)8-11)15(20)18-9-13(17)10-6-7-10;;/h3-5,8,10,13-14H,6-7,9,17H2,1-2H3,(H,18,20);2*1H. The molecule has 2 rings (SSSR count). The monoisotopic (exact) mass is 367 g/mol. The molecule has 0 saturated heterocycles. The van der Waals surface area contributed by atoms with Gasteiger partial charge in [0.15, 0.2) is 0 Å². The van der Waals surface area contributed by atoms with Gasteiger partial charge in [0.1, 0.15) is 6.04 Å². The van der Waals surface area contributed by atoms with E-state index in [1.165, 1.54) is 12.8 Å². The van der Waals surface area contributed by atoms with Crippen molar-refractivity contribution in [2.45, 2.75) is 24.9 Å². The topological polar surface area (TPSA) is 58.4 Å². The number of halogens is 3. The summed E-state index contributed by atoms with van der Waals surface area (Å²) in [4.78, 5) is 14.3. The summed E-state index contributed by atoms with van der Waals surface area (Å²) in [6.45, 7) is 0.536. The lowest BCUT2D eigenvalue weighted by Crippen LogP contribution is -2.43. The van der Waals surface area contributed by atoms with Crippen molar-refractivity contribution in [3.05, 3.63) is 34.9 Å². The number of likely N-dealkylation sites (N-methyl/N-ethyl adjacent to an activating group) is 1. The highest BCUT2D eigenvalue weighted by Gasteiger charge is 2.30. The van der Waals surface area contributed by atoms with Crippen LogP contribution in [0.2, 0.25) is 5.02 Å². The molecule has 126 valence electrons. The summed E-state index contributed by atoms with van der Waals surface area (Å²) >= 11 is 6.01. The molecular formula is C15H24Cl3N3O. The number of nitrogens with zero attached hydrogens (tertiary/aromatic N) is 1. The Hall–Kier alpha value is -0.520. The summed E-state index contributed by atoms with van der Waals surface area (Å²) in [6, 6.07) is 7.13. The third kappa shape index (κ3) is 5.94. The second-order valence-electron chi connectivity index (χ2n) is 5.67. The van der Waals surface area contributed by atoms with Gasteiger partial charge in [-0.25, -0.2) is 0 Å². The van der Waals surface area contributed by atoms with E-state index in [-0.39, 0.29) is 42.8 Å². The van der Waals surface area contributed by atoms with Gasteiger partial charge in [-0.3, -0.25) is 9.69 Å². The van der Waals surface area contributed by atoms with Gasteiger partial charge in [0.05, 0.1) is 0 Å². The van der Waals surface area contributed by atoms with Crippen LogP contribution in [0.1, 0.15) is 24.4 Å². The van der Waals surface area contributed by atoms with Crippen LogP contribution in [0, 0.1) is 5.92 Å². The smallest absolute Gasteiger partial charge is 0.241 e. The molecule has 0 radical (unpaired) electrons. The molecule has 0 spiro atoms. The Balaban J connectivity index is 0.00000220. The summed E-state index contributed by atoms with van der Waals surface area (Å²) in [7, 11) is 3.76. The van der Waals surface area contributed by atoms with Crippen LogP contribution in [0.3, 0.4) is 0 Å². The molecule has 7 heteroatoms. The molecule has 1 aromatic rings. The molecule has 2 unspecified atom stereocenters. The molecule has 0 bridgehead atoms. The summed E-state index contributed by atoms with van der Waals surface area (Å²) in [5.74, 6) is 0.549. The molecule has 0 aliphatic heterocycles. The minimum atomic E-state index is -0.347. The third-order valence-electron chi connectivity index (χ3n) is 3.67. The molecule has 1 amide bonds. The number of amides is 1. The number of carbonyl (C=O) groups is 1. The lowest BCUT2D eigenvalue weighted by molar-refractivity contribution is -0.125. The molecule has 4 nitrogen and oxygen atoms in total. The summed E-state index contributed by atoms with van der Waals surface area (Å²) in [6.07, 6.45) is 2.37. The minimum absolute atomic E-state index is 0. The van der Waals surface area contributed by atoms with E-state index in [2.05, 4.69) is 5.32 Å². The first kappa shape index (κ1) is 21.5. The van der Waals surface area contributed by atoms with Crippen molar-refractivity contribution in [3.63, 3.8) is 0 Å². The summed E-state index contributed by atoms with van der Waals surface area (Å²) in [5.41, 5.74) is 6.91. The maximum absolute atomic E-state index is 12.4. The van der Waals surface area contributed by atoms with Crippen molar-refractivity contribution in [1.82, 2.24) is 10.2 Å². The summed E-state index contributed by atoms with van der Waals surface area (Å²) in [5, 5.41) is 3.59. The zero-order chi connectivity index (χ0) is 14.7. The quantitative estimate of drug-likeness (QED) is 0.811. The van der Waals surface area contributed by atoms with Crippen LogP contribution in [-0.4, -0.2) is 37.5 Å². The Morgan fingerprint density at radius 3 is 2.55 bits per heavy atom. The number of rotatable bonds is 6. The van der Waals surface area contributed by atoms with Crippen LogP contribution in [0.25, 0.3) is 0 Å². The Labute approximate surface area is 149 Å². The van der Waals surface area contributed by atoms with Gasteiger partial charge in [0.25, 0.3) is 0 Å². The van der Waals surface area contributed by atoms with E-state index in [0.29, 0.717) is 17.5 Å². The second kappa shape index (κ2) is 9.58. The van der Waals surface area contributed by atoms with Gasteiger partial charge in [-0.05, 0) is 50.6 Å². The van der Waals surface area contributed by atoms with Gasteiger partial charge >= 0.3 is 0 Å². The largest absolute Gasteiger partial charge is 0.353 e. The van der Waals surface area contributed by atoms with Crippen molar-refractivity contribution in [2.24, 2.45) is 11.7 Å². The highest BCUT2D eigenvalue weighted by atomic mass is 35.5. The normalized spacial score (nSPS) is 16.2. The van der Waals surface area contributed by atoms with Crippen molar-refractivity contribution < 1.29 is 4.79 Å².